The molecule has 26 heavy (non-hydrogen) atoms. The van der Waals surface area contributed by atoms with Crippen molar-refractivity contribution in [2.75, 3.05) is 6.54 Å². The van der Waals surface area contributed by atoms with Gasteiger partial charge in [0.05, 0.1) is 16.2 Å². The summed E-state index contributed by atoms with van der Waals surface area (Å²) in [5.41, 5.74) is 1.31. The van der Waals surface area contributed by atoms with E-state index in [4.69, 9.17) is 5.11 Å². The zero-order valence-electron chi connectivity index (χ0n) is 13.8. The third-order valence-corrected chi connectivity index (χ3v) is 4.70. The standard InChI is InChI=1S/C19H15FN2O3S/c1-2-22-17(23)16(10-12-6-8-14(20)9-7-12)26-19(22)21-15-5-3-4-13(11-15)18(24)25/h3-11H,2H2,1H3,(H,24,25)/b16-10+,21-19?. The van der Waals surface area contributed by atoms with Crippen LogP contribution < -0.4 is 0 Å². The Hall–Kier alpha value is -2.93. The molecule has 7 heteroatoms. The number of amides is 1. The molecule has 1 fully saturated rings. The number of hydrogen-bond donors (Lipinski definition) is 1. The average Bonchev–Trinajstić information content (AvgIpc) is 2.91. The van der Waals surface area contributed by atoms with E-state index in [2.05, 4.69) is 4.99 Å². The van der Waals surface area contributed by atoms with E-state index in [0.29, 0.717) is 27.9 Å². The van der Waals surface area contributed by atoms with Crippen molar-refractivity contribution in [2.24, 2.45) is 4.99 Å². The lowest BCUT2D eigenvalue weighted by Gasteiger charge is -2.12. The van der Waals surface area contributed by atoms with Crippen molar-refractivity contribution in [2.45, 2.75) is 6.92 Å². The Morgan fingerprint density at radius 2 is 2.00 bits per heavy atom. The highest BCUT2D eigenvalue weighted by Crippen LogP contribution is 2.34. The van der Waals surface area contributed by atoms with Gasteiger partial charge in [-0.25, -0.2) is 14.2 Å². The zero-order chi connectivity index (χ0) is 18.7. The van der Waals surface area contributed by atoms with Crippen molar-refractivity contribution in [3.63, 3.8) is 0 Å². The van der Waals surface area contributed by atoms with Crippen molar-refractivity contribution < 1.29 is 19.1 Å². The van der Waals surface area contributed by atoms with Gasteiger partial charge in [-0.15, -0.1) is 0 Å². The van der Waals surface area contributed by atoms with Crippen LogP contribution in [0.4, 0.5) is 10.1 Å². The minimum atomic E-state index is -1.04. The largest absolute Gasteiger partial charge is 0.478 e. The second-order valence-electron chi connectivity index (χ2n) is 5.46. The maximum absolute atomic E-state index is 13.0. The second-order valence-corrected chi connectivity index (χ2v) is 6.47. The van der Waals surface area contributed by atoms with Crippen molar-refractivity contribution in [1.82, 2.24) is 4.90 Å². The topological polar surface area (TPSA) is 70.0 Å². The summed E-state index contributed by atoms with van der Waals surface area (Å²) in [5.74, 6) is -1.56. The lowest BCUT2D eigenvalue weighted by molar-refractivity contribution is -0.122. The van der Waals surface area contributed by atoms with E-state index >= 15 is 0 Å². The molecule has 1 aliphatic heterocycles. The van der Waals surface area contributed by atoms with Crippen LogP contribution in [0.3, 0.4) is 0 Å². The number of nitrogens with zero attached hydrogens (tertiary/aromatic N) is 2. The number of hydrogen-bond acceptors (Lipinski definition) is 4. The third-order valence-electron chi connectivity index (χ3n) is 3.69. The van der Waals surface area contributed by atoms with Crippen LogP contribution in [-0.4, -0.2) is 33.6 Å². The Morgan fingerprint density at radius 3 is 2.65 bits per heavy atom. The molecule has 132 valence electrons. The number of carboxylic acids is 1. The summed E-state index contributed by atoms with van der Waals surface area (Å²) in [7, 11) is 0. The highest BCUT2D eigenvalue weighted by atomic mass is 32.2. The van der Waals surface area contributed by atoms with Crippen LogP contribution in [0.2, 0.25) is 0 Å². The molecular formula is C19H15FN2O3S. The van der Waals surface area contributed by atoms with Gasteiger partial charge in [-0.2, -0.15) is 0 Å². The summed E-state index contributed by atoms with van der Waals surface area (Å²) in [5, 5.41) is 9.56. The molecule has 0 spiro atoms. The van der Waals surface area contributed by atoms with E-state index in [1.54, 1.807) is 30.3 Å². The minimum absolute atomic E-state index is 0.131. The van der Waals surface area contributed by atoms with Gasteiger partial charge < -0.3 is 5.11 Å². The first kappa shape index (κ1) is 17.9. The number of carboxylic acid groups (broad SMARTS) is 1. The number of thioether (sulfide) groups is 1. The predicted octanol–water partition coefficient (Wildman–Crippen LogP) is 4.15. The first-order chi connectivity index (χ1) is 12.5. The Kier molecular flexibility index (Phi) is 5.18. The van der Waals surface area contributed by atoms with Gasteiger partial charge in [-0.1, -0.05) is 18.2 Å². The molecule has 1 N–H and O–H groups in total. The molecular weight excluding hydrogens is 355 g/mol. The van der Waals surface area contributed by atoms with Gasteiger partial charge in [0.25, 0.3) is 5.91 Å². The van der Waals surface area contributed by atoms with E-state index in [-0.39, 0.29) is 17.3 Å². The predicted molar refractivity (Wildman–Crippen MR) is 99.9 cm³/mol. The van der Waals surface area contributed by atoms with Crippen LogP contribution in [-0.2, 0) is 4.79 Å². The van der Waals surface area contributed by atoms with Crippen molar-refractivity contribution in [3.8, 4) is 0 Å². The average molecular weight is 370 g/mol. The molecule has 1 aliphatic rings. The van der Waals surface area contributed by atoms with E-state index < -0.39 is 5.97 Å². The van der Waals surface area contributed by atoms with Gasteiger partial charge >= 0.3 is 5.97 Å². The smallest absolute Gasteiger partial charge is 0.335 e. The van der Waals surface area contributed by atoms with Gasteiger partial charge in [-0.05, 0) is 60.7 Å². The van der Waals surface area contributed by atoms with Crippen LogP contribution in [0.15, 0.2) is 58.4 Å². The van der Waals surface area contributed by atoms with Crippen LogP contribution in [0.1, 0.15) is 22.8 Å². The highest BCUT2D eigenvalue weighted by Gasteiger charge is 2.32. The molecule has 0 radical (unpaired) electrons. The normalized spacial score (nSPS) is 17.3. The zero-order valence-corrected chi connectivity index (χ0v) is 14.7. The maximum Gasteiger partial charge on any atom is 0.335 e. The number of carbonyl (C=O) groups is 2. The number of rotatable bonds is 4. The summed E-state index contributed by atoms with van der Waals surface area (Å²) in [6.07, 6.45) is 1.69. The molecule has 0 atom stereocenters. The molecule has 0 bridgehead atoms. The Morgan fingerprint density at radius 1 is 1.27 bits per heavy atom. The Balaban J connectivity index is 1.93. The van der Waals surface area contributed by atoms with E-state index in [0.717, 1.165) is 0 Å². The number of aromatic carboxylic acids is 1. The van der Waals surface area contributed by atoms with Gasteiger partial charge in [0.2, 0.25) is 0 Å². The van der Waals surface area contributed by atoms with Gasteiger partial charge in [0.1, 0.15) is 5.82 Å². The number of benzene rings is 2. The lowest BCUT2D eigenvalue weighted by Crippen LogP contribution is -2.28. The van der Waals surface area contributed by atoms with Gasteiger partial charge in [-0.3, -0.25) is 9.69 Å². The van der Waals surface area contributed by atoms with Crippen LogP contribution >= 0.6 is 11.8 Å². The second kappa shape index (κ2) is 7.53. The fourth-order valence-electron chi connectivity index (χ4n) is 2.40. The van der Waals surface area contributed by atoms with Gasteiger partial charge in [0.15, 0.2) is 5.17 Å². The number of aliphatic imine (C=N–C) groups is 1. The molecule has 3 rings (SSSR count). The summed E-state index contributed by atoms with van der Waals surface area (Å²) in [6, 6.07) is 12.1. The molecule has 2 aromatic rings. The molecule has 1 heterocycles. The first-order valence-electron chi connectivity index (χ1n) is 7.87. The van der Waals surface area contributed by atoms with E-state index in [1.165, 1.54) is 40.9 Å². The Bertz CT molecular complexity index is 923. The molecule has 0 unspecified atom stereocenters. The number of likely N-dealkylation sites (N-methyl/N-ethyl adjacent to an activating group) is 1. The van der Waals surface area contributed by atoms with Crippen LogP contribution in [0, 0.1) is 5.82 Å². The molecule has 1 saturated heterocycles. The highest BCUT2D eigenvalue weighted by molar-refractivity contribution is 8.18. The molecule has 2 aromatic carbocycles. The van der Waals surface area contributed by atoms with Crippen molar-refractivity contribution >= 4 is 40.6 Å². The summed E-state index contributed by atoms with van der Waals surface area (Å²) in [4.78, 5) is 30.1. The monoisotopic (exact) mass is 370 g/mol. The lowest BCUT2D eigenvalue weighted by atomic mass is 10.2. The fraction of sp³-hybridized carbons (Fsp3) is 0.105. The van der Waals surface area contributed by atoms with Crippen LogP contribution in [0.5, 0.6) is 0 Å². The summed E-state index contributed by atoms with van der Waals surface area (Å²) >= 11 is 1.21. The molecule has 0 saturated carbocycles. The van der Waals surface area contributed by atoms with E-state index in [1.807, 2.05) is 6.92 Å². The molecule has 0 aliphatic carbocycles. The number of carbonyl (C=O) groups excluding carboxylic acids is 1. The maximum atomic E-state index is 13.0. The molecule has 1 amide bonds. The SMILES string of the molecule is CCN1C(=O)/C(=C\c2ccc(F)cc2)SC1=Nc1cccc(C(=O)O)c1. The minimum Gasteiger partial charge on any atom is -0.478 e. The molecule has 0 aromatic heterocycles. The van der Waals surface area contributed by atoms with Crippen LogP contribution in [0.25, 0.3) is 6.08 Å². The first-order valence-corrected chi connectivity index (χ1v) is 8.68. The molecule has 5 nitrogen and oxygen atoms in total. The Labute approximate surface area is 153 Å². The third kappa shape index (κ3) is 3.83. The van der Waals surface area contributed by atoms with Crippen molar-refractivity contribution in [3.05, 3.63) is 70.4 Å². The quantitative estimate of drug-likeness (QED) is 0.821. The number of halogens is 1. The van der Waals surface area contributed by atoms with Gasteiger partial charge in [0, 0.05) is 6.54 Å². The van der Waals surface area contributed by atoms with Crippen molar-refractivity contribution in [1.29, 1.82) is 0 Å². The van der Waals surface area contributed by atoms with E-state index in [9.17, 15) is 14.0 Å². The summed E-state index contributed by atoms with van der Waals surface area (Å²) in [6.45, 7) is 2.27. The fourth-order valence-corrected chi connectivity index (χ4v) is 3.46. The summed E-state index contributed by atoms with van der Waals surface area (Å²) < 4.78 is 13.0. The number of amidine groups is 1.